The number of aryl methyl sites for hydroxylation is 1. The monoisotopic (exact) mass is 553 g/mol. The molecule has 3 aromatic rings. The summed E-state index contributed by atoms with van der Waals surface area (Å²) in [4.78, 5) is 51.3. The molecule has 40 heavy (non-hydrogen) atoms. The van der Waals surface area contributed by atoms with E-state index < -0.39 is 24.5 Å². The number of alkyl carbamates (subject to hydrolysis) is 1. The molecule has 218 valence electrons. The molecule has 3 rings (SSSR count). The molecular formula is C31H43N3O6. The van der Waals surface area contributed by atoms with Crippen LogP contribution in [0.3, 0.4) is 0 Å². The van der Waals surface area contributed by atoms with Crippen molar-refractivity contribution in [2.24, 2.45) is 0 Å². The Balaban J connectivity index is 0. The highest BCUT2D eigenvalue weighted by molar-refractivity contribution is 5.90. The number of rotatable bonds is 12. The van der Waals surface area contributed by atoms with Gasteiger partial charge in [-0.3, -0.25) is 9.59 Å². The maximum atomic E-state index is 11.8. The fraction of sp³-hybridized carbons (Fsp3) is 0.290. The lowest BCUT2D eigenvalue weighted by Crippen LogP contribution is -2.35. The van der Waals surface area contributed by atoms with Crippen LogP contribution in [-0.2, 0) is 30.6 Å². The highest BCUT2D eigenvalue weighted by Gasteiger charge is 2.10. The van der Waals surface area contributed by atoms with Gasteiger partial charge in [0.2, 0.25) is 5.91 Å². The Morgan fingerprint density at radius 2 is 1.25 bits per heavy atom. The zero-order chi connectivity index (χ0) is 28.8. The topological polar surface area (TPSA) is 123 Å². The van der Waals surface area contributed by atoms with E-state index in [4.69, 9.17) is 4.74 Å². The van der Waals surface area contributed by atoms with E-state index >= 15 is 0 Å². The third-order valence-corrected chi connectivity index (χ3v) is 5.42. The van der Waals surface area contributed by atoms with E-state index in [0.717, 1.165) is 30.5 Å². The standard InChI is InChI=1S/C24H29N3O6.C7H8.3H2/c28-21(26-20-13-7-4-8-14-20)15-9-1-2-10-16-22(29)27-33-23(30)17-25-24(31)32-18-19-11-5-3-6-12-19;1-7-5-3-2-4-6-7;;;/h3-8,11-14H,1-2,9-10,15-18H2,(H,25,31)(H,26,28)(H,27,29);2-6H,1H3;3*1H. The van der Waals surface area contributed by atoms with E-state index in [2.05, 4.69) is 40.0 Å². The van der Waals surface area contributed by atoms with Gasteiger partial charge in [0.25, 0.3) is 5.91 Å². The zero-order valence-electron chi connectivity index (χ0n) is 22.8. The largest absolute Gasteiger partial charge is 0.445 e. The van der Waals surface area contributed by atoms with Crippen molar-refractivity contribution in [3.63, 3.8) is 0 Å². The molecule has 9 nitrogen and oxygen atoms in total. The first-order valence-corrected chi connectivity index (χ1v) is 13.2. The van der Waals surface area contributed by atoms with Gasteiger partial charge in [0.15, 0.2) is 0 Å². The average molecular weight is 554 g/mol. The van der Waals surface area contributed by atoms with Crippen LogP contribution < -0.4 is 16.1 Å². The van der Waals surface area contributed by atoms with Crippen LogP contribution in [-0.4, -0.2) is 30.4 Å². The summed E-state index contributed by atoms with van der Waals surface area (Å²) in [6.07, 6.45) is 2.75. The fourth-order valence-electron chi connectivity index (χ4n) is 3.32. The maximum Gasteiger partial charge on any atom is 0.407 e. The van der Waals surface area contributed by atoms with Gasteiger partial charge in [-0.1, -0.05) is 97.3 Å². The Bertz CT molecular complexity index is 1170. The first-order valence-electron chi connectivity index (χ1n) is 13.2. The van der Waals surface area contributed by atoms with E-state index in [1.165, 1.54) is 5.56 Å². The Hall–Kier alpha value is -4.66. The summed E-state index contributed by atoms with van der Waals surface area (Å²) in [5.41, 5.74) is 4.97. The summed E-state index contributed by atoms with van der Waals surface area (Å²) >= 11 is 0. The van der Waals surface area contributed by atoms with Gasteiger partial charge in [-0.2, -0.15) is 5.48 Å². The number of hydroxylamine groups is 1. The first-order chi connectivity index (χ1) is 19.4. The molecule has 9 heteroatoms. The van der Waals surface area contributed by atoms with E-state index in [1.54, 1.807) is 12.1 Å². The highest BCUT2D eigenvalue weighted by atomic mass is 16.7. The summed E-state index contributed by atoms with van der Waals surface area (Å²) in [6.45, 7) is 1.73. The smallest absolute Gasteiger partial charge is 0.407 e. The van der Waals surface area contributed by atoms with Crippen LogP contribution in [0, 0.1) is 6.92 Å². The van der Waals surface area contributed by atoms with Gasteiger partial charge in [-0.05, 0) is 37.5 Å². The third-order valence-electron chi connectivity index (χ3n) is 5.42. The Morgan fingerprint density at radius 1 is 0.700 bits per heavy atom. The number of hydrogen-bond donors (Lipinski definition) is 3. The number of anilines is 1. The molecule has 0 atom stereocenters. The van der Waals surface area contributed by atoms with Crippen molar-refractivity contribution in [2.75, 3.05) is 11.9 Å². The molecule has 0 saturated heterocycles. The van der Waals surface area contributed by atoms with Crippen molar-refractivity contribution in [2.45, 2.75) is 52.1 Å². The lowest BCUT2D eigenvalue weighted by atomic mass is 10.1. The molecule has 0 saturated carbocycles. The van der Waals surface area contributed by atoms with Crippen LogP contribution in [0.2, 0.25) is 0 Å². The Labute approximate surface area is 239 Å². The fourth-order valence-corrected chi connectivity index (χ4v) is 3.32. The number of carbonyl (C=O) groups is 4. The van der Waals surface area contributed by atoms with Crippen LogP contribution in [0.15, 0.2) is 91.0 Å². The van der Waals surface area contributed by atoms with Crippen molar-refractivity contribution in [3.8, 4) is 0 Å². The molecule has 0 aliphatic rings. The molecule has 0 unspecified atom stereocenters. The second-order valence-electron chi connectivity index (χ2n) is 8.90. The van der Waals surface area contributed by atoms with Gasteiger partial charge >= 0.3 is 12.1 Å². The predicted molar refractivity (Wildman–Crippen MR) is 159 cm³/mol. The van der Waals surface area contributed by atoms with Crippen LogP contribution >= 0.6 is 0 Å². The van der Waals surface area contributed by atoms with Crippen molar-refractivity contribution in [3.05, 3.63) is 102 Å². The third kappa shape index (κ3) is 15.6. The van der Waals surface area contributed by atoms with E-state index in [1.807, 2.05) is 66.7 Å². The molecule has 3 amide bonds. The van der Waals surface area contributed by atoms with E-state index in [0.29, 0.717) is 12.8 Å². The molecule has 0 aliphatic heterocycles. The van der Waals surface area contributed by atoms with Crippen LogP contribution in [0.25, 0.3) is 0 Å². The summed E-state index contributed by atoms with van der Waals surface area (Å²) in [7, 11) is 0. The van der Waals surface area contributed by atoms with Gasteiger partial charge in [-0.25, -0.2) is 9.59 Å². The minimum atomic E-state index is -0.815. The second-order valence-corrected chi connectivity index (χ2v) is 8.90. The van der Waals surface area contributed by atoms with Crippen molar-refractivity contribution < 1.29 is 33.0 Å². The van der Waals surface area contributed by atoms with Crippen molar-refractivity contribution in [1.29, 1.82) is 0 Å². The van der Waals surface area contributed by atoms with Crippen molar-refractivity contribution in [1.82, 2.24) is 10.8 Å². The van der Waals surface area contributed by atoms with Crippen LogP contribution in [0.5, 0.6) is 0 Å². The van der Waals surface area contributed by atoms with Gasteiger partial charge in [0.05, 0.1) is 0 Å². The lowest BCUT2D eigenvalue weighted by molar-refractivity contribution is -0.157. The first kappa shape index (κ1) is 31.6. The Kier molecular flexibility index (Phi) is 15.3. The number of para-hydroxylation sites is 1. The molecule has 0 fully saturated rings. The zero-order valence-corrected chi connectivity index (χ0v) is 22.8. The number of amides is 3. The van der Waals surface area contributed by atoms with Gasteiger partial charge in [-0.15, -0.1) is 0 Å². The van der Waals surface area contributed by atoms with Crippen molar-refractivity contribution >= 4 is 29.6 Å². The molecule has 0 spiro atoms. The minimum absolute atomic E-state index is 0. The number of unbranched alkanes of at least 4 members (excludes halogenated alkanes) is 3. The number of hydrogen-bond acceptors (Lipinski definition) is 6. The minimum Gasteiger partial charge on any atom is -0.445 e. The highest BCUT2D eigenvalue weighted by Crippen LogP contribution is 2.09. The van der Waals surface area contributed by atoms with Gasteiger partial charge < -0.3 is 20.2 Å². The number of nitrogens with one attached hydrogen (secondary N) is 3. The van der Waals surface area contributed by atoms with E-state index in [-0.39, 0.29) is 23.2 Å². The number of carbonyl (C=O) groups excluding carboxylic acids is 4. The lowest BCUT2D eigenvalue weighted by Gasteiger charge is -2.08. The molecule has 0 radical (unpaired) electrons. The molecular weight excluding hydrogens is 510 g/mol. The predicted octanol–water partition coefficient (Wildman–Crippen LogP) is 6.20. The number of ether oxygens (including phenoxy) is 1. The van der Waals surface area contributed by atoms with Crippen LogP contribution in [0.4, 0.5) is 10.5 Å². The SMILES string of the molecule is Cc1ccccc1.O=C(CCCCCCC(=O)Nc1ccccc1)NOC(=O)CNC(=O)OCc1ccccc1.[HH].[HH].[HH]. The summed E-state index contributed by atoms with van der Waals surface area (Å²) in [6, 6.07) is 28.6. The summed E-state index contributed by atoms with van der Waals surface area (Å²) in [5.74, 6) is -1.29. The summed E-state index contributed by atoms with van der Waals surface area (Å²) < 4.78 is 4.96. The molecule has 0 heterocycles. The van der Waals surface area contributed by atoms with E-state index in [9.17, 15) is 19.2 Å². The number of benzene rings is 3. The quantitative estimate of drug-likeness (QED) is 0.181. The Morgan fingerprint density at radius 3 is 1.82 bits per heavy atom. The summed E-state index contributed by atoms with van der Waals surface area (Å²) in [5, 5.41) is 5.07. The normalized spacial score (nSPS) is 9.82. The molecule has 3 N–H and O–H groups in total. The second kappa shape index (κ2) is 19.4. The average Bonchev–Trinajstić information content (AvgIpc) is 2.97. The van der Waals surface area contributed by atoms with Gasteiger partial charge in [0, 0.05) is 22.8 Å². The van der Waals surface area contributed by atoms with Crippen LogP contribution in [0.1, 0.15) is 53.9 Å². The molecule has 3 aromatic carbocycles. The maximum absolute atomic E-state index is 11.8. The molecule has 0 aromatic heterocycles. The van der Waals surface area contributed by atoms with Gasteiger partial charge in [0.1, 0.15) is 13.2 Å². The molecule has 0 aliphatic carbocycles. The molecule has 0 bridgehead atoms.